The average Bonchev–Trinajstić information content (AvgIpc) is 3.01. The molecular formula is C19H16F3N3O4S. The van der Waals surface area contributed by atoms with Crippen LogP contribution in [-0.4, -0.2) is 35.8 Å². The Morgan fingerprint density at radius 1 is 1.33 bits per heavy atom. The zero-order valence-electron chi connectivity index (χ0n) is 15.6. The molecule has 2 heterocycles. The number of aromatic hydroxyl groups is 1. The minimum atomic E-state index is -4.65. The van der Waals surface area contributed by atoms with Crippen molar-refractivity contribution in [2.24, 2.45) is 4.99 Å². The molecule has 0 spiro atoms. The molecule has 1 aliphatic rings. The fourth-order valence-electron chi connectivity index (χ4n) is 3.37. The summed E-state index contributed by atoms with van der Waals surface area (Å²) in [5, 5.41) is 20.0. The Morgan fingerprint density at radius 2 is 2.00 bits per heavy atom. The summed E-state index contributed by atoms with van der Waals surface area (Å²) in [5.74, 6) is -1.21. The summed E-state index contributed by atoms with van der Waals surface area (Å²) in [7, 11) is -3.41. The zero-order valence-corrected chi connectivity index (χ0v) is 16.5. The van der Waals surface area contributed by atoms with Crippen molar-refractivity contribution in [2.45, 2.75) is 25.6 Å². The minimum Gasteiger partial charge on any atom is -0.494 e. The summed E-state index contributed by atoms with van der Waals surface area (Å²) < 4.78 is 63.9. The summed E-state index contributed by atoms with van der Waals surface area (Å²) in [4.78, 5) is 16.5. The van der Waals surface area contributed by atoms with Crippen molar-refractivity contribution in [1.29, 1.82) is 5.26 Å². The lowest BCUT2D eigenvalue weighted by atomic mass is 10.0. The van der Waals surface area contributed by atoms with E-state index >= 15 is 0 Å². The van der Waals surface area contributed by atoms with Crippen LogP contribution < -0.4 is 5.56 Å². The molecule has 2 aromatic rings. The fourth-order valence-corrected chi connectivity index (χ4v) is 5.07. The Kier molecular flexibility index (Phi) is 5.47. The van der Waals surface area contributed by atoms with Gasteiger partial charge >= 0.3 is 6.18 Å². The Hall–Kier alpha value is -3.13. The molecule has 1 aromatic heterocycles. The van der Waals surface area contributed by atoms with Crippen LogP contribution in [0.3, 0.4) is 0 Å². The van der Waals surface area contributed by atoms with Crippen LogP contribution in [0, 0.1) is 18.3 Å². The molecule has 0 amide bonds. The zero-order chi connectivity index (χ0) is 22.3. The molecule has 0 radical (unpaired) electrons. The summed E-state index contributed by atoms with van der Waals surface area (Å²) in [6.45, 7) is 1.35. The lowest BCUT2D eigenvalue weighted by Crippen LogP contribution is -2.29. The van der Waals surface area contributed by atoms with Gasteiger partial charge in [-0.05, 0) is 31.0 Å². The largest absolute Gasteiger partial charge is 0.494 e. The van der Waals surface area contributed by atoms with E-state index in [-0.39, 0.29) is 34.6 Å². The molecule has 1 aliphatic heterocycles. The van der Waals surface area contributed by atoms with Crippen LogP contribution in [0.4, 0.5) is 18.9 Å². The molecule has 1 saturated heterocycles. The van der Waals surface area contributed by atoms with Crippen molar-refractivity contribution in [3.63, 3.8) is 0 Å². The molecule has 0 saturated carbocycles. The third-order valence-corrected chi connectivity index (χ3v) is 6.66. The van der Waals surface area contributed by atoms with Gasteiger partial charge in [-0.15, -0.1) is 0 Å². The van der Waals surface area contributed by atoms with Crippen molar-refractivity contribution < 1.29 is 26.7 Å². The highest BCUT2D eigenvalue weighted by molar-refractivity contribution is 7.91. The summed E-state index contributed by atoms with van der Waals surface area (Å²) in [5.41, 5.74) is -2.71. The van der Waals surface area contributed by atoms with Crippen molar-refractivity contribution in [1.82, 2.24) is 4.57 Å². The number of hydrogen-bond acceptors (Lipinski definition) is 6. The van der Waals surface area contributed by atoms with Crippen LogP contribution >= 0.6 is 0 Å². The Bertz CT molecular complexity index is 1240. The van der Waals surface area contributed by atoms with Gasteiger partial charge in [0.1, 0.15) is 11.6 Å². The van der Waals surface area contributed by atoms with E-state index < -0.39 is 44.7 Å². The Labute approximate surface area is 169 Å². The third-order valence-electron chi connectivity index (χ3n) is 4.91. The normalized spacial score (nSPS) is 18.6. The number of pyridine rings is 1. The van der Waals surface area contributed by atoms with Gasteiger partial charge in [0.15, 0.2) is 9.84 Å². The van der Waals surface area contributed by atoms with Crippen LogP contribution in [0.25, 0.3) is 0 Å². The van der Waals surface area contributed by atoms with Gasteiger partial charge in [0.2, 0.25) is 5.88 Å². The molecule has 7 nitrogen and oxygen atoms in total. The minimum absolute atomic E-state index is 0.0327. The molecule has 0 aliphatic carbocycles. The van der Waals surface area contributed by atoms with Crippen molar-refractivity contribution in [2.75, 3.05) is 11.5 Å². The van der Waals surface area contributed by atoms with Gasteiger partial charge in [0.25, 0.3) is 5.56 Å². The molecule has 30 heavy (non-hydrogen) atoms. The second-order valence-electron chi connectivity index (χ2n) is 6.85. The average molecular weight is 439 g/mol. The van der Waals surface area contributed by atoms with Crippen LogP contribution in [0.5, 0.6) is 5.88 Å². The van der Waals surface area contributed by atoms with E-state index in [1.807, 2.05) is 0 Å². The lowest BCUT2D eigenvalue weighted by molar-refractivity contribution is -0.137. The van der Waals surface area contributed by atoms with Gasteiger partial charge in [0.05, 0.1) is 34.4 Å². The van der Waals surface area contributed by atoms with E-state index in [1.54, 1.807) is 6.07 Å². The first-order chi connectivity index (χ1) is 14.0. The SMILES string of the molecule is Cc1c(C=Nc2ccccc2C(F)(F)F)c(O)n([C@H]2CCS(=O)(=O)C2)c(=O)c1C#N. The van der Waals surface area contributed by atoms with Crippen LogP contribution in [0.1, 0.15) is 34.7 Å². The molecule has 11 heteroatoms. The molecule has 3 rings (SSSR count). The Morgan fingerprint density at radius 3 is 2.57 bits per heavy atom. The molecule has 158 valence electrons. The molecule has 1 fully saturated rings. The number of aromatic nitrogens is 1. The maximum absolute atomic E-state index is 13.2. The fraction of sp³-hybridized carbons (Fsp3) is 0.316. The van der Waals surface area contributed by atoms with E-state index in [2.05, 4.69) is 4.99 Å². The van der Waals surface area contributed by atoms with Crippen LogP contribution in [0.2, 0.25) is 0 Å². The molecule has 1 aromatic carbocycles. The third kappa shape index (κ3) is 3.95. The van der Waals surface area contributed by atoms with Crippen LogP contribution in [-0.2, 0) is 16.0 Å². The Balaban J connectivity index is 2.18. The summed E-state index contributed by atoms with van der Waals surface area (Å²) in [6.07, 6.45) is -3.65. The van der Waals surface area contributed by atoms with Crippen molar-refractivity contribution >= 4 is 21.7 Å². The van der Waals surface area contributed by atoms with Gasteiger partial charge in [0, 0.05) is 6.21 Å². The highest BCUT2D eigenvalue weighted by Gasteiger charge is 2.34. The number of nitrogens with zero attached hydrogens (tertiary/aromatic N) is 3. The number of alkyl halides is 3. The molecule has 0 bridgehead atoms. The van der Waals surface area contributed by atoms with Gasteiger partial charge < -0.3 is 5.11 Å². The molecule has 0 unspecified atom stereocenters. The summed E-state index contributed by atoms with van der Waals surface area (Å²) >= 11 is 0. The number of para-hydroxylation sites is 1. The quantitative estimate of drug-likeness (QED) is 0.739. The standard InChI is InChI=1S/C19H16F3N3O4S/c1-11-13(8-23)17(26)25(12-6-7-30(28,29)10-12)18(27)14(11)9-24-16-5-3-2-4-15(16)19(20,21)22/h2-5,9,12,27H,6-7,10H2,1H3/t12-/m0/s1. The number of halogens is 3. The number of hydrogen-bond donors (Lipinski definition) is 1. The van der Waals surface area contributed by atoms with Gasteiger partial charge in [-0.3, -0.25) is 14.4 Å². The number of nitriles is 1. The van der Waals surface area contributed by atoms with E-state index in [1.165, 1.54) is 19.1 Å². The predicted molar refractivity (Wildman–Crippen MR) is 103 cm³/mol. The topological polar surface area (TPSA) is 113 Å². The highest BCUT2D eigenvalue weighted by Crippen LogP contribution is 2.36. The second kappa shape index (κ2) is 7.60. The van der Waals surface area contributed by atoms with Gasteiger partial charge in [-0.2, -0.15) is 18.4 Å². The number of rotatable bonds is 3. The van der Waals surface area contributed by atoms with E-state index in [0.29, 0.717) is 0 Å². The lowest BCUT2D eigenvalue weighted by Gasteiger charge is -2.18. The van der Waals surface area contributed by atoms with E-state index in [9.17, 15) is 36.8 Å². The first kappa shape index (κ1) is 21.6. The first-order valence-corrected chi connectivity index (χ1v) is 10.6. The molecule has 1 N–H and O–H groups in total. The van der Waals surface area contributed by atoms with Crippen molar-refractivity contribution in [3.05, 3.63) is 56.9 Å². The van der Waals surface area contributed by atoms with Gasteiger partial charge in [-0.1, -0.05) is 12.1 Å². The first-order valence-electron chi connectivity index (χ1n) is 8.75. The van der Waals surface area contributed by atoms with E-state index in [0.717, 1.165) is 22.9 Å². The van der Waals surface area contributed by atoms with Crippen molar-refractivity contribution in [3.8, 4) is 11.9 Å². The smallest absolute Gasteiger partial charge is 0.418 e. The van der Waals surface area contributed by atoms with Gasteiger partial charge in [-0.25, -0.2) is 8.42 Å². The second-order valence-corrected chi connectivity index (χ2v) is 9.08. The monoisotopic (exact) mass is 439 g/mol. The maximum Gasteiger partial charge on any atom is 0.418 e. The molecule has 1 atom stereocenters. The maximum atomic E-state index is 13.2. The number of sulfone groups is 1. The number of aliphatic imine (C=N–C) groups is 1. The van der Waals surface area contributed by atoms with Crippen LogP contribution in [0.15, 0.2) is 34.1 Å². The number of benzene rings is 1. The molecular weight excluding hydrogens is 423 g/mol. The van der Waals surface area contributed by atoms with E-state index in [4.69, 9.17) is 0 Å². The predicted octanol–water partition coefficient (Wildman–Crippen LogP) is 2.86. The highest BCUT2D eigenvalue weighted by atomic mass is 32.2. The summed E-state index contributed by atoms with van der Waals surface area (Å²) in [6, 6.07) is 5.38.